The number of hydrogen-bond donors (Lipinski definition) is 3. The molecule has 2 heterocycles. The molecule has 3 N–H and O–H groups in total. The molecule has 1 aromatic rings. The zero-order valence-corrected chi connectivity index (χ0v) is 22.8. The van der Waals surface area contributed by atoms with Gasteiger partial charge in [0.1, 0.15) is 5.82 Å². The number of amides is 4. The fourth-order valence-corrected chi connectivity index (χ4v) is 5.83. The summed E-state index contributed by atoms with van der Waals surface area (Å²) >= 11 is 0. The number of likely N-dealkylation sites (tertiary alicyclic amines) is 1. The van der Waals surface area contributed by atoms with E-state index in [1.54, 1.807) is 4.90 Å². The van der Waals surface area contributed by atoms with E-state index in [-0.39, 0.29) is 62.4 Å². The summed E-state index contributed by atoms with van der Waals surface area (Å²) in [5.74, 6) is -4.32. The minimum absolute atomic E-state index is 0.0347. The first-order valence-electron chi connectivity index (χ1n) is 14.0. The first kappa shape index (κ1) is 29.8. The van der Waals surface area contributed by atoms with E-state index >= 15 is 0 Å². The van der Waals surface area contributed by atoms with E-state index in [9.17, 15) is 32.3 Å². The van der Waals surface area contributed by atoms with Crippen molar-refractivity contribution >= 4 is 23.6 Å². The van der Waals surface area contributed by atoms with Crippen LogP contribution in [-0.2, 0) is 14.4 Å². The van der Waals surface area contributed by atoms with Gasteiger partial charge in [0, 0.05) is 57.5 Å². The zero-order valence-electron chi connectivity index (χ0n) is 22.8. The minimum atomic E-state index is -2.67. The van der Waals surface area contributed by atoms with E-state index in [0.717, 1.165) is 0 Å². The molecule has 1 spiro atoms. The minimum Gasteiger partial charge on any atom is -0.356 e. The van der Waals surface area contributed by atoms with Gasteiger partial charge >= 0.3 is 0 Å². The second-order valence-electron chi connectivity index (χ2n) is 11.3. The fraction of sp³-hybridized carbons (Fsp3) is 0.643. The molecule has 4 amide bonds. The second-order valence-corrected chi connectivity index (χ2v) is 11.3. The molecule has 1 aromatic carbocycles. The number of likely N-dealkylation sites (N-methyl/N-ethyl adjacent to an activating group) is 1. The van der Waals surface area contributed by atoms with E-state index in [1.165, 1.54) is 36.2 Å². The van der Waals surface area contributed by atoms with Gasteiger partial charge in [-0.05, 0) is 62.8 Å². The molecule has 2 saturated heterocycles. The molecule has 4 rings (SSSR count). The van der Waals surface area contributed by atoms with Crippen molar-refractivity contribution in [2.45, 2.75) is 81.3 Å². The summed E-state index contributed by atoms with van der Waals surface area (Å²) in [6.45, 7) is 0.702. The van der Waals surface area contributed by atoms with Crippen LogP contribution in [0.3, 0.4) is 0 Å². The van der Waals surface area contributed by atoms with Crippen molar-refractivity contribution in [1.82, 2.24) is 25.8 Å². The lowest BCUT2D eigenvalue weighted by molar-refractivity contribution is -0.138. The predicted molar refractivity (Wildman–Crippen MR) is 141 cm³/mol. The van der Waals surface area contributed by atoms with E-state index in [2.05, 4.69) is 16.0 Å². The number of alkyl halides is 2. The van der Waals surface area contributed by atoms with Crippen LogP contribution >= 0.6 is 0 Å². The normalized spacial score (nSPS) is 24.9. The average molecular weight is 566 g/mol. The molecule has 0 unspecified atom stereocenters. The lowest BCUT2D eigenvalue weighted by atomic mass is 9.83. The predicted octanol–water partition coefficient (Wildman–Crippen LogP) is 2.21. The van der Waals surface area contributed by atoms with Crippen molar-refractivity contribution in [1.29, 1.82) is 0 Å². The average Bonchev–Trinajstić information content (AvgIpc) is 2.91. The Morgan fingerprint density at radius 1 is 0.975 bits per heavy atom. The lowest BCUT2D eigenvalue weighted by Crippen LogP contribution is -2.59. The van der Waals surface area contributed by atoms with Crippen LogP contribution in [0.25, 0.3) is 0 Å². The van der Waals surface area contributed by atoms with Gasteiger partial charge in [0.25, 0.3) is 5.91 Å². The third-order valence-electron chi connectivity index (χ3n) is 8.20. The Hall–Kier alpha value is -3.15. The molecule has 1 saturated carbocycles. The van der Waals surface area contributed by atoms with E-state index in [4.69, 9.17) is 0 Å². The molecule has 1 aliphatic carbocycles. The largest absolute Gasteiger partial charge is 0.356 e. The summed E-state index contributed by atoms with van der Waals surface area (Å²) in [6, 6.07) is 4.44. The fourth-order valence-electron chi connectivity index (χ4n) is 5.83. The smallest absolute Gasteiger partial charge is 0.253 e. The standard InChI is InChI=1S/C28H38F3N5O4/c1-35-18-24(38)34-27(12-15-36(16-13-27)25(39)19-4-6-20(29)7-5-19)17-23(37)32-14-2-3-22(26(35)40)33-21-8-10-28(30,31)11-9-21/h4-7,21-22,33H,2-3,8-18H2,1H3,(H,32,37)(H,34,38)/t22-/m0/s1. The highest BCUT2D eigenvalue weighted by molar-refractivity contribution is 5.94. The summed E-state index contributed by atoms with van der Waals surface area (Å²) < 4.78 is 40.5. The van der Waals surface area contributed by atoms with Crippen LogP contribution in [0.4, 0.5) is 13.2 Å². The van der Waals surface area contributed by atoms with Crippen molar-refractivity contribution in [3.05, 3.63) is 35.6 Å². The van der Waals surface area contributed by atoms with Crippen LogP contribution in [0, 0.1) is 5.82 Å². The number of hydrogen-bond acceptors (Lipinski definition) is 5. The molecule has 3 aliphatic rings. The maximum Gasteiger partial charge on any atom is 0.253 e. The molecule has 9 nitrogen and oxygen atoms in total. The maximum atomic E-state index is 13.6. The van der Waals surface area contributed by atoms with Gasteiger partial charge in [0.15, 0.2) is 0 Å². The number of piperidine rings is 1. The highest BCUT2D eigenvalue weighted by Gasteiger charge is 2.40. The summed E-state index contributed by atoms with van der Waals surface area (Å²) in [5.41, 5.74) is -0.525. The number of benzene rings is 1. The Morgan fingerprint density at radius 2 is 1.62 bits per heavy atom. The Labute approximate surface area is 232 Å². The molecule has 2 aliphatic heterocycles. The molecule has 40 heavy (non-hydrogen) atoms. The Bertz CT molecular complexity index is 1080. The Kier molecular flexibility index (Phi) is 9.37. The number of halogens is 3. The van der Waals surface area contributed by atoms with Crippen LogP contribution in [0.15, 0.2) is 24.3 Å². The van der Waals surface area contributed by atoms with Gasteiger partial charge in [0.05, 0.1) is 18.1 Å². The highest BCUT2D eigenvalue weighted by Crippen LogP contribution is 2.33. The van der Waals surface area contributed by atoms with E-state index in [0.29, 0.717) is 50.9 Å². The van der Waals surface area contributed by atoms with Crippen LogP contribution < -0.4 is 16.0 Å². The van der Waals surface area contributed by atoms with Gasteiger partial charge in [0.2, 0.25) is 23.6 Å². The molecule has 12 heteroatoms. The van der Waals surface area contributed by atoms with Crippen LogP contribution in [0.1, 0.15) is 68.1 Å². The van der Waals surface area contributed by atoms with Crippen LogP contribution in [-0.4, -0.2) is 90.2 Å². The number of carbonyl (C=O) groups is 4. The zero-order chi connectivity index (χ0) is 28.9. The number of nitrogens with zero attached hydrogens (tertiary/aromatic N) is 2. The number of nitrogens with one attached hydrogen (secondary N) is 3. The molecule has 1 atom stereocenters. The maximum absolute atomic E-state index is 13.6. The van der Waals surface area contributed by atoms with Crippen LogP contribution in [0.2, 0.25) is 0 Å². The van der Waals surface area contributed by atoms with Crippen molar-refractivity contribution in [3.63, 3.8) is 0 Å². The highest BCUT2D eigenvalue weighted by atomic mass is 19.3. The summed E-state index contributed by atoms with van der Waals surface area (Å²) in [5, 5.41) is 9.09. The van der Waals surface area contributed by atoms with Gasteiger partial charge in [-0.15, -0.1) is 0 Å². The SMILES string of the molecule is CN1CC(=O)NC2(CCN(C(=O)c3ccc(F)cc3)CC2)CC(=O)NCCC[C@H](NC2CCC(F)(F)CC2)C1=O. The van der Waals surface area contributed by atoms with Gasteiger partial charge in [-0.25, -0.2) is 13.2 Å². The van der Waals surface area contributed by atoms with Gasteiger partial charge in [-0.3, -0.25) is 19.2 Å². The summed E-state index contributed by atoms with van der Waals surface area (Å²) in [6.07, 6.45) is 1.68. The van der Waals surface area contributed by atoms with Crippen molar-refractivity contribution < 1.29 is 32.3 Å². The molecular weight excluding hydrogens is 527 g/mol. The Morgan fingerprint density at radius 3 is 2.27 bits per heavy atom. The second kappa shape index (κ2) is 12.6. The van der Waals surface area contributed by atoms with Crippen molar-refractivity contribution in [3.8, 4) is 0 Å². The van der Waals surface area contributed by atoms with Crippen molar-refractivity contribution in [2.24, 2.45) is 0 Å². The van der Waals surface area contributed by atoms with Gasteiger partial charge < -0.3 is 25.8 Å². The van der Waals surface area contributed by atoms with Gasteiger partial charge in [-0.1, -0.05) is 0 Å². The summed E-state index contributed by atoms with van der Waals surface area (Å²) in [4.78, 5) is 55.1. The van der Waals surface area contributed by atoms with Gasteiger partial charge in [-0.2, -0.15) is 0 Å². The quantitative estimate of drug-likeness (QED) is 0.521. The number of rotatable bonds is 3. The third-order valence-corrected chi connectivity index (χ3v) is 8.20. The topological polar surface area (TPSA) is 111 Å². The molecule has 220 valence electrons. The van der Waals surface area contributed by atoms with Crippen LogP contribution in [0.5, 0.6) is 0 Å². The van der Waals surface area contributed by atoms with Crippen molar-refractivity contribution in [2.75, 3.05) is 33.2 Å². The van der Waals surface area contributed by atoms with E-state index in [1.807, 2.05) is 0 Å². The first-order chi connectivity index (χ1) is 19.0. The first-order valence-corrected chi connectivity index (χ1v) is 14.0. The third kappa shape index (κ3) is 7.74. The van der Waals surface area contributed by atoms with E-state index < -0.39 is 29.2 Å². The molecule has 0 radical (unpaired) electrons. The molecule has 0 aromatic heterocycles. The lowest BCUT2D eigenvalue weighted by Gasteiger charge is -2.42. The molecule has 3 fully saturated rings. The molecular formula is C28H38F3N5O4. The Balaban J connectivity index is 1.40. The number of carbonyl (C=O) groups excluding carboxylic acids is 4. The summed E-state index contributed by atoms with van der Waals surface area (Å²) in [7, 11) is 1.53. The molecule has 0 bridgehead atoms. The monoisotopic (exact) mass is 565 g/mol.